The number of hydrogen-bond donors (Lipinski definition) is 3. The molecule has 6 nitrogen and oxygen atoms in total. The molecule has 0 aliphatic carbocycles. The Balaban J connectivity index is 2.89. The Bertz CT molecular complexity index is 523. The fraction of sp³-hybridized carbons (Fsp3) is 0. The van der Waals surface area contributed by atoms with Crippen LogP contribution in [-0.2, 0) is 0 Å². The lowest BCUT2D eigenvalue weighted by atomic mass is 10.3. The monoisotopic (exact) mass is 177 g/mol. The minimum atomic E-state index is -0.673. The van der Waals surface area contributed by atoms with Crippen molar-refractivity contribution >= 4 is 16.9 Å². The summed E-state index contributed by atoms with van der Waals surface area (Å²) >= 11 is 0. The maximum absolute atomic E-state index is 10.8. The molecule has 0 radical (unpaired) electrons. The summed E-state index contributed by atoms with van der Waals surface area (Å²) in [5, 5.41) is 14.6. The normalized spacial score (nSPS) is 10.5. The van der Waals surface area contributed by atoms with Gasteiger partial charge in [0.1, 0.15) is 5.49 Å². The molecule has 13 heavy (non-hydrogen) atoms. The maximum atomic E-state index is 10.8. The Morgan fingerprint density at radius 3 is 3.15 bits per heavy atom. The number of carbonyl (C=O) groups is 1. The molecule has 66 valence electrons. The van der Waals surface area contributed by atoms with E-state index in [4.69, 9.17) is 11.1 Å². The molecule has 0 unspecified atom stereocenters. The number of hydrogen-bond acceptors (Lipinski definition) is 3. The van der Waals surface area contributed by atoms with Gasteiger partial charge in [0.25, 0.3) is 0 Å². The lowest BCUT2D eigenvalue weighted by molar-refractivity contribution is 0.249. The molecule has 0 aliphatic rings. The van der Waals surface area contributed by atoms with Crippen LogP contribution in [0.2, 0.25) is 0 Å². The van der Waals surface area contributed by atoms with Gasteiger partial charge in [-0.1, -0.05) is 0 Å². The van der Waals surface area contributed by atoms with E-state index in [-0.39, 0.29) is 5.49 Å². The smallest absolute Gasteiger partial charge is 0.324 e. The van der Waals surface area contributed by atoms with Gasteiger partial charge in [0.15, 0.2) is 0 Å². The molecule has 4 N–H and O–H groups in total. The highest BCUT2D eigenvalue weighted by molar-refractivity contribution is 5.81. The fourth-order valence-corrected chi connectivity index (χ4v) is 1.15. The number of amides is 1. The van der Waals surface area contributed by atoms with Crippen LogP contribution in [0.4, 0.5) is 4.79 Å². The largest absolute Gasteiger partial charge is 0.351 e. The number of H-pyrrole nitrogens is 1. The fourth-order valence-electron chi connectivity index (χ4n) is 1.15. The highest BCUT2D eigenvalue weighted by atomic mass is 16.2. The third kappa shape index (κ3) is 0.994. The van der Waals surface area contributed by atoms with Crippen molar-refractivity contribution in [2.45, 2.75) is 0 Å². The topological polar surface area (TPSA) is 101 Å². The molecular formula is C7H7N5O. The quantitative estimate of drug-likeness (QED) is 0.517. The number of nitrogens with one attached hydrogen (secondary N) is 2. The second-order valence-corrected chi connectivity index (χ2v) is 2.57. The van der Waals surface area contributed by atoms with E-state index < -0.39 is 6.03 Å². The number of rotatable bonds is 0. The Morgan fingerprint density at radius 1 is 1.69 bits per heavy atom. The predicted molar refractivity (Wildman–Crippen MR) is 44.9 cm³/mol. The SMILES string of the molecule is N=c1c2cn[nH]c2ccn1C(N)=O. The number of aromatic amines is 1. The van der Waals surface area contributed by atoms with Crippen LogP contribution in [-0.4, -0.2) is 20.8 Å². The van der Waals surface area contributed by atoms with Gasteiger partial charge < -0.3 is 5.73 Å². The predicted octanol–water partition coefficient (Wildman–Crippen LogP) is -0.229. The van der Waals surface area contributed by atoms with Gasteiger partial charge in [-0.15, -0.1) is 0 Å². The number of fused-ring (bicyclic) bond motifs is 1. The molecule has 0 saturated carbocycles. The van der Waals surface area contributed by atoms with Gasteiger partial charge in [-0.05, 0) is 6.07 Å². The summed E-state index contributed by atoms with van der Waals surface area (Å²) in [7, 11) is 0. The summed E-state index contributed by atoms with van der Waals surface area (Å²) in [6.07, 6.45) is 2.92. The lowest BCUT2D eigenvalue weighted by Gasteiger charge is -1.99. The number of nitrogens with zero attached hydrogens (tertiary/aromatic N) is 2. The van der Waals surface area contributed by atoms with Crippen LogP contribution in [0.15, 0.2) is 18.5 Å². The van der Waals surface area contributed by atoms with Gasteiger partial charge in [-0.25, -0.2) is 4.79 Å². The van der Waals surface area contributed by atoms with Gasteiger partial charge >= 0.3 is 6.03 Å². The number of aromatic nitrogens is 3. The Hall–Kier alpha value is -2.11. The molecule has 2 aromatic heterocycles. The minimum absolute atomic E-state index is 0.0405. The first kappa shape index (κ1) is 7.53. The van der Waals surface area contributed by atoms with Crippen LogP contribution in [0.5, 0.6) is 0 Å². The van der Waals surface area contributed by atoms with Crippen molar-refractivity contribution in [3.8, 4) is 0 Å². The van der Waals surface area contributed by atoms with E-state index >= 15 is 0 Å². The van der Waals surface area contributed by atoms with Crippen LogP contribution < -0.4 is 11.2 Å². The first-order valence-electron chi connectivity index (χ1n) is 3.59. The summed E-state index contributed by atoms with van der Waals surface area (Å²) in [6.45, 7) is 0. The molecule has 0 spiro atoms. The van der Waals surface area contributed by atoms with Gasteiger partial charge in [0.05, 0.1) is 17.1 Å². The van der Waals surface area contributed by atoms with Crippen molar-refractivity contribution in [2.24, 2.45) is 5.73 Å². The third-order valence-corrected chi connectivity index (χ3v) is 1.79. The zero-order valence-electron chi connectivity index (χ0n) is 6.61. The summed E-state index contributed by atoms with van der Waals surface area (Å²) in [5.74, 6) is 0. The summed E-state index contributed by atoms with van der Waals surface area (Å²) in [5.41, 5.74) is 5.80. The van der Waals surface area contributed by atoms with Gasteiger partial charge in [0.2, 0.25) is 0 Å². The second kappa shape index (κ2) is 2.44. The highest BCUT2D eigenvalue weighted by Crippen LogP contribution is 2.02. The number of primary amides is 1. The summed E-state index contributed by atoms with van der Waals surface area (Å²) in [4.78, 5) is 10.8. The van der Waals surface area contributed by atoms with Crippen LogP contribution >= 0.6 is 0 Å². The Morgan fingerprint density at radius 2 is 2.46 bits per heavy atom. The molecular weight excluding hydrogens is 170 g/mol. The van der Waals surface area contributed by atoms with Crippen molar-refractivity contribution in [1.29, 1.82) is 5.41 Å². The molecule has 2 heterocycles. The van der Waals surface area contributed by atoms with Crippen molar-refractivity contribution in [3.63, 3.8) is 0 Å². The molecule has 0 saturated heterocycles. The molecule has 1 amide bonds. The maximum Gasteiger partial charge on any atom is 0.324 e. The first-order valence-corrected chi connectivity index (χ1v) is 3.59. The van der Waals surface area contributed by atoms with E-state index in [0.29, 0.717) is 10.9 Å². The van der Waals surface area contributed by atoms with E-state index in [0.717, 1.165) is 4.57 Å². The lowest BCUT2D eigenvalue weighted by Crippen LogP contribution is -2.30. The zero-order valence-corrected chi connectivity index (χ0v) is 6.61. The number of nitrogens with two attached hydrogens (primary N) is 1. The van der Waals surface area contributed by atoms with E-state index in [1.165, 1.54) is 12.4 Å². The molecule has 0 fully saturated rings. The van der Waals surface area contributed by atoms with E-state index in [9.17, 15) is 4.79 Å². The Labute approximate surface area is 72.5 Å². The van der Waals surface area contributed by atoms with Crippen LogP contribution in [0, 0.1) is 5.41 Å². The molecule has 0 bridgehead atoms. The van der Waals surface area contributed by atoms with Gasteiger partial charge in [-0.2, -0.15) is 5.10 Å². The highest BCUT2D eigenvalue weighted by Gasteiger charge is 2.03. The number of carbonyl (C=O) groups excluding carboxylic acids is 1. The Kier molecular flexibility index (Phi) is 1.42. The average Bonchev–Trinajstić information content (AvgIpc) is 2.52. The van der Waals surface area contributed by atoms with Gasteiger partial charge in [0, 0.05) is 6.20 Å². The van der Waals surface area contributed by atoms with Crippen molar-refractivity contribution in [1.82, 2.24) is 14.8 Å². The summed E-state index contributed by atoms with van der Waals surface area (Å²) < 4.78 is 1.05. The van der Waals surface area contributed by atoms with E-state index in [1.807, 2.05) is 0 Å². The number of pyridine rings is 1. The van der Waals surface area contributed by atoms with Crippen molar-refractivity contribution < 1.29 is 4.79 Å². The molecule has 0 aromatic carbocycles. The third-order valence-electron chi connectivity index (χ3n) is 1.79. The summed E-state index contributed by atoms with van der Waals surface area (Å²) in [6, 6.07) is 0.971. The molecule has 2 aromatic rings. The van der Waals surface area contributed by atoms with Crippen LogP contribution in [0.25, 0.3) is 10.9 Å². The van der Waals surface area contributed by atoms with Crippen molar-refractivity contribution in [3.05, 3.63) is 23.9 Å². The van der Waals surface area contributed by atoms with Crippen LogP contribution in [0.3, 0.4) is 0 Å². The standard InChI is InChI=1S/C7H7N5O/c8-6-4-3-10-11-5(4)1-2-12(6)7(9)13/h1-3,8H,(H2,9,13)(H,10,11). The zero-order chi connectivity index (χ0) is 9.42. The minimum Gasteiger partial charge on any atom is -0.351 e. The van der Waals surface area contributed by atoms with Gasteiger partial charge in [-0.3, -0.25) is 15.1 Å². The average molecular weight is 177 g/mol. The van der Waals surface area contributed by atoms with Crippen LogP contribution in [0.1, 0.15) is 0 Å². The molecule has 6 heteroatoms. The molecule has 0 atom stereocenters. The van der Waals surface area contributed by atoms with E-state index in [1.54, 1.807) is 6.07 Å². The van der Waals surface area contributed by atoms with Crippen molar-refractivity contribution in [2.75, 3.05) is 0 Å². The molecule has 2 rings (SSSR count). The first-order chi connectivity index (χ1) is 6.20. The molecule has 0 aliphatic heterocycles. The van der Waals surface area contributed by atoms with E-state index in [2.05, 4.69) is 10.2 Å². The second-order valence-electron chi connectivity index (χ2n) is 2.57.